The fraction of sp³-hybridized carbons (Fsp3) is 0.500. The number of phosphoric acid groups is 1. The van der Waals surface area contributed by atoms with Gasteiger partial charge in [-0.3, -0.25) is 27.3 Å². The van der Waals surface area contributed by atoms with Gasteiger partial charge in [-0.2, -0.15) is 0 Å². The number of rotatable bonds is 3. The van der Waals surface area contributed by atoms with Crippen LogP contribution in [0.4, 0.5) is 11.5 Å². The van der Waals surface area contributed by atoms with Gasteiger partial charge in [0, 0.05) is 13.2 Å². The van der Waals surface area contributed by atoms with Crippen molar-refractivity contribution < 1.29 is 56.9 Å². The van der Waals surface area contributed by atoms with E-state index in [1.54, 1.807) is 13.1 Å². The molecule has 3 fully saturated rings. The molecule has 3 saturated heterocycles. The highest BCUT2D eigenvalue weighted by molar-refractivity contribution is 7.52. The van der Waals surface area contributed by atoms with Crippen molar-refractivity contribution in [3.8, 4) is 0 Å². The summed E-state index contributed by atoms with van der Waals surface area (Å²) in [5.74, 6) is 0.0502. The number of aromatic nitrogens is 7. The summed E-state index contributed by atoms with van der Waals surface area (Å²) >= 11 is 0. The van der Waals surface area contributed by atoms with Crippen LogP contribution in [0.3, 0.4) is 0 Å². The molecule has 3 aliphatic rings. The van der Waals surface area contributed by atoms with Crippen LogP contribution in [0.25, 0.3) is 22.3 Å². The number of nitrogens with zero attached hydrogens (tertiary/aromatic N) is 7. The summed E-state index contributed by atoms with van der Waals surface area (Å²) in [6.07, 6.45) is -8.04. The van der Waals surface area contributed by atoms with Crippen LogP contribution >= 0.6 is 15.4 Å². The monoisotopic (exact) mass is 671 g/mol. The molecule has 0 aliphatic carbocycles. The number of nitrogen functional groups attached to an aromatic ring is 1. The van der Waals surface area contributed by atoms with E-state index in [1.165, 1.54) is 28.0 Å². The topological polar surface area (TPSA) is 283 Å². The third-order valence-electron chi connectivity index (χ3n) is 7.49. The standard InChI is InChI=1S/C22H27N9O12P2/c1-24-9-2-3-25-18-11(9)28-6-30(18)20-13(32)15-10(40-20)4-39-45(36,37)43-16-14(33)21(41-22(16)38-8-44(34,35)42-15)31-7-29-12-17(23)26-5-27-19(12)31/h2-3,5-7,10,13-16,20-22,32-33H,4,8H2,1H3,(H,24,25)(H,34,35)(H,36,37)(H2,23,26,27)/t10-,13?,14?,15+,16-,20-,21-,22+/m1/s1. The average molecular weight is 671 g/mol. The van der Waals surface area contributed by atoms with Crippen LogP contribution in [0.2, 0.25) is 0 Å². The third kappa shape index (κ3) is 5.39. The molecule has 4 unspecified atom stereocenters. The van der Waals surface area contributed by atoms with E-state index in [-0.39, 0.29) is 17.0 Å². The summed E-state index contributed by atoms with van der Waals surface area (Å²) in [6, 6.07) is 1.69. The fourth-order valence-electron chi connectivity index (χ4n) is 5.43. The van der Waals surface area contributed by atoms with E-state index >= 15 is 0 Å². The second-order valence-corrected chi connectivity index (χ2v) is 13.4. The maximum absolute atomic E-state index is 13.2. The van der Waals surface area contributed by atoms with E-state index in [2.05, 4.69) is 30.2 Å². The molecular formula is C22H27N9O12P2. The van der Waals surface area contributed by atoms with Gasteiger partial charge in [-0.05, 0) is 6.07 Å². The predicted molar refractivity (Wildman–Crippen MR) is 148 cm³/mol. The summed E-state index contributed by atoms with van der Waals surface area (Å²) in [7, 11) is -8.03. The van der Waals surface area contributed by atoms with Crippen LogP contribution in [-0.4, -0.2) is 111 Å². The molecule has 23 heteroatoms. The van der Waals surface area contributed by atoms with Crippen molar-refractivity contribution in [3.05, 3.63) is 31.2 Å². The molecule has 45 heavy (non-hydrogen) atoms. The van der Waals surface area contributed by atoms with Crippen LogP contribution < -0.4 is 11.1 Å². The predicted octanol–water partition coefficient (Wildman–Crippen LogP) is -0.570. The van der Waals surface area contributed by atoms with E-state index in [1.807, 2.05) is 0 Å². The molecule has 0 aromatic carbocycles. The first-order valence-corrected chi connectivity index (χ1v) is 16.6. The van der Waals surface area contributed by atoms with Crippen molar-refractivity contribution in [1.29, 1.82) is 0 Å². The number of hydrogen-bond acceptors (Lipinski definition) is 17. The summed E-state index contributed by atoms with van der Waals surface area (Å²) < 4.78 is 62.0. The van der Waals surface area contributed by atoms with Gasteiger partial charge in [0.25, 0.3) is 0 Å². The number of fused-ring (bicyclic) bond motifs is 4. The minimum absolute atomic E-state index is 0.0502. The van der Waals surface area contributed by atoms with E-state index in [9.17, 15) is 29.1 Å². The van der Waals surface area contributed by atoms with Crippen molar-refractivity contribution in [1.82, 2.24) is 34.1 Å². The number of hydrogen-bond donors (Lipinski definition) is 6. The summed E-state index contributed by atoms with van der Waals surface area (Å²) in [5, 5.41) is 25.3. The first-order chi connectivity index (χ1) is 21.5. The van der Waals surface area contributed by atoms with Crippen molar-refractivity contribution in [2.45, 2.75) is 49.3 Å². The van der Waals surface area contributed by atoms with Crippen LogP contribution in [0.15, 0.2) is 31.2 Å². The largest absolute Gasteiger partial charge is 0.472 e. The van der Waals surface area contributed by atoms with Crippen LogP contribution in [-0.2, 0) is 36.9 Å². The Labute approximate surface area is 252 Å². The maximum atomic E-state index is 13.2. The van der Waals surface area contributed by atoms with Crippen molar-refractivity contribution in [2.24, 2.45) is 0 Å². The lowest BCUT2D eigenvalue weighted by Crippen LogP contribution is -2.38. The fourth-order valence-corrected chi connectivity index (χ4v) is 7.39. The number of aliphatic hydroxyl groups excluding tert-OH is 2. The highest BCUT2D eigenvalue weighted by Gasteiger charge is 2.54. The smallest absolute Gasteiger partial charge is 0.386 e. The minimum atomic E-state index is -5.01. The van der Waals surface area contributed by atoms with Gasteiger partial charge in [-0.1, -0.05) is 0 Å². The molecule has 242 valence electrons. The molecule has 7 rings (SSSR count). The Morgan fingerprint density at radius 2 is 1.62 bits per heavy atom. The lowest BCUT2D eigenvalue weighted by Gasteiger charge is -2.28. The summed E-state index contributed by atoms with van der Waals surface area (Å²) in [6.45, 7) is -0.741. The van der Waals surface area contributed by atoms with Crippen molar-refractivity contribution in [3.63, 3.8) is 0 Å². The quantitative estimate of drug-likeness (QED) is 0.149. The zero-order valence-electron chi connectivity index (χ0n) is 23.1. The average Bonchev–Trinajstić information content (AvgIpc) is 3.76. The Kier molecular flexibility index (Phi) is 7.63. The molecule has 0 bridgehead atoms. The summed E-state index contributed by atoms with van der Waals surface area (Å²) in [5.41, 5.74) is 7.58. The Bertz CT molecular complexity index is 1840. The second kappa shape index (κ2) is 11.3. The highest BCUT2D eigenvalue weighted by Crippen LogP contribution is 2.53. The summed E-state index contributed by atoms with van der Waals surface area (Å²) in [4.78, 5) is 42.0. The SMILES string of the molecule is CNc1ccnc2c1ncn2[C@@H]1O[C@@H]2COP(=O)(O)O[C@@H]3C(O)[C@H](n4cnc5c(N)ncnc54)O[C@@H]3OCP(=O)(O)O[C@@H]2C1O. The molecular weight excluding hydrogens is 644 g/mol. The molecule has 7 N–H and O–H groups in total. The Morgan fingerprint density at radius 1 is 0.933 bits per heavy atom. The molecule has 0 spiro atoms. The number of nitrogens with one attached hydrogen (secondary N) is 1. The molecule has 0 amide bonds. The number of anilines is 2. The van der Waals surface area contributed by atoms with Gasteiger partial charge >= 0.3 is 15.4 Å². The van der Waals surface area contributed by atoms with Gasteiger partial charge in [0.2, 0.25) is 0 Å². The van der Waals surface area contributed by atoms with E-state index in [4.69, 9.17) is 33.5 Å². The first-order valence-electron chi connectivity index (χ1n) is 13.3. The number of aliphatic hydroxyl groups is 2. The molecule has 4 aromatic heterocycles. The molecule has 4 aromatic rings. The van der Waals surface area contributed by atoms with Gasteiger partial charge < -0.3 is 45.3 Å². The number of imidazole rings is 2. The number of ether oxygens (including phenoxy) is 3. The van der Waals surface area contributed by atoms with E-state index in [0.29, 0.717) is 16.9 Å². The Balaban J connectivity index is 1.16. The molecule has 0 radical (unpaired) electrons. The molecule has 7 heterocycles. The normalized spacial score (nSPS) is 37.6. The molecule has 21 nitrogen and oxygen atoms in total. The zero-order chi connectivity index (χ0) is 31.7. The van der Waals surface area contributed by atoms with Crippen molar-refractivity contribution in [2.75, 3.05) is 31.1 Å². The molecule has 10 atom stereocenters. The minimum Gasteiger partial charge on any atom is -0.386 e. The highest BCUT2D eigenvalue weighted by atomic mass is 31.2. The zero-order valence-corrected chi connectivity index (χ0v) is 24.9. The lowest BCUT2D eigenvalue weighted by atomic mass is 10.1. The van der Waals surface area contributed by atoms with E-state index < -0.39 is 77.6 Å². The number of pyridine rings is 1. The van der Waals surface area contributed by atoms with Crippen LogP contribution in [0.5, 0.6) is 0 Å². The number of nitrogens with two attached hydrogens (primary N) is 1. The molecule has 3 aliphatic heterocycles. The first kappa shape index (κ1) is 30.5. The van der Waals surface area contributed by atoms with Gasteiger partial charge in [-0.15, -0.1) is 0 Å². The van der Waals surface area contributed by atoms with Crippen LogP contribution in [0, 0.1) is 0 Å². The van der Waals surface area contributed by atoms with Gasteiger partial charge in [0.15, 0.2) is 48.3 Å². The van der Waals surface area contributed by atoms with Gasteiger partial charge in [0.1, 0.15) is 41.8 Å². The van der Waals surface area contributed by atoms with Gasteiger partial charge in [-0.25, -0.2) is 29.5 Å². The maximum Gasteiger partial charge on any atom is 0.472 e. The number of phosphoric ester groups is 1. The second-order valence-electron chi connectivity index (χ2n) is 10.3. The van der Waals surface area contributed by atoms with Crippen LogP contribution in [0.1, 0.15) is 12.5 Å². The Morgan fingerprint density at radius 3 is 2.38 bits per heavy atom. The third-order valence-corrected chi connectivity index (χ3v) is 9.52. The Hall–Kier alpha value is -3.17. The lowest BCUT2D eigenvalue weighted by molar-refractivity contribution is -0.168. The van der Waals surface area contributed by atoms with Crippen molar-refractivity contribution >= 4 is 49.3 Å². The molecule has 0 saturated carbocycles. The van der Waals surface area contributed by atoms with Gasteiger partial charge in [0.05, 0.1) is 24.9 Å². The van der Waals surface area contributed by atoms with E-state index in [0.717, 1.165) is 6.33 Å².